The Labute approximate surface area is 130 Å². The molecular formula is C15H20ClNO3S. The number of nitrogens with one attached hydrogen (secondary N) is 1. The van der Waals surface area contributed by atoms with Gasteiger partial charge in [0.2, 0.25) is 0 Å². The fraction of sp³-hybridized carbons (Fsp3) is 0.533. The molecule has 0 aromatic heterocycles. The van der Waals surface area contributed by atoms with Crippen LogP contribution in [-0.4, -0.2) is 32.5 Å². The normalized spacial score (nSPS) is 22.8. The average Bonchev–Trinajstić information content (AvgIpc) is 2.47. The van der Waals surface area contributed by atoms with Crippen LogP contribution in [0.15, 0.2) is 29.2 Å². The zero-order valence-corrected chi connectivity index (χ0v) is 13.6. The van der Waals surface area contributed by atoms with E-state index >= 15 is 0 Å². The lowest BCUT2D eigenvalue weighted by Gasteiger charge is -2.30. The lowest BCUT2D eigenvalue weighted by molar-refractivity contribution is 0.0911. The second-order valence-corrected chi connectivity index (χ2v) is 7.90. The summed E-state index contributed by atoms with van der Waals surface area (Å²) in [6.07, 6.45) is 5.40. The number of alkyl halides is 1. The van der Waals surface area contributed by atoms with Gasteiger partial charge in [0.25, 0.3) is 5.91 Å². The molecule has 4 nitrogen and oxygen atoms in total. The summed E-state index contributed by atoms with van der Waals surface area (Å²) in [5.41, 5.74) is 0.473. The summed E-state index contributed by atoms with van der Waals surface area (Å²) in [6, 6.07) is 6.13. The maximum atomic E-state index is 12.2. The van der Waals surface area contributed by atoms with Gasteiger partial charge in [-0.3, -0.25) is 4.79 Å². The summed E-state index contributed by atoms with van der Waals surface area (Å²) in [6.45, 7) is 0. The fourth-order valence-corrected chi connectivity index (χ4v) is 3.69. The highest BCUT2D eigenvalue weighted by atomic mass is 35.5. The smallest absolute Gasteiger partial charge is 0.251 e. The molecule has 1 aliphatic rings. The van der Waals surface area contributed by atoms with Crippen molar-refractivity contribution in [3.63, 3.8) is 0 Å². The van der Waals surface area contributed by atoms with Crippen LogP contribution in [0.25, 0.3) is 0 Å². The van der Waals surface area contributed by atoms with E-state index in [-0.39, 0.29) is 16.8 Å². The second-order valence-electron chi connectivity index (χ2n) is 5.58. The van der Waals surface area contributed by atoms with E-state index in [1.165, 1.54) is 12.1 Å². The van der Waals surface area contributed by atoms with Crippen molar-refractivity contribution in [2.45, 2.75) is 36.6 Å². The van der Waals surface area contributed by atoms with Crippen molar-refractivity contribution in [2.75, 3.05) is 12.1 Å². The third-order valence-corrected chi connectivity index (χ3v) is 5.49. The topological polar surface area (TPSA) is 63.2 Å². The lowest BCUT2D eigenvalue weighted by Crippen LogP contribution is -2.42. The molecule has 1 fully saturated rings. The van der Waals surface area contributed by atoms with Crippen LogP contribution < -0.4 is 5.32 Å². The minimum atomic E-state index is -3.23. The molecule has 0 bridgehead atoms. The van der Waals surface area contributed by atoms with Crippen molar-refractivity contribution in [3.05, 3.63) is 29.8 Å². The van der Waals surface area contributed by atoms with Crippen LogP contribution in [-0.2, 0) is 9.84 Å². The Morgan fingerprint density at radius 1 is 1.24 bits per heavy atom. The molecule has 0 saturated heterocycles. The van der Waals surface area contributed by atoms with E-state index in [0.717, 1.165) is 31.9 Å². The fourth-order valence-electron chi connectivity index (χ4n) is 2.69. The van der Waals surface area contributed by atoms with Crippen LogP contribution in [0.1, 0.15) is 36.0 Å². The van der Waals surface area contributed by atoms with Gasteiger partial charge in [-0.05, 0) is 43.0 Å². The molecule has 2 unspecified atom stereocenters. The molecule has 1 saturated carbocycles. The van der Waals surface area contributed by atoms with Crippen molar-refractivity contribution in [1.29, 1.82) is 0 Å². The van der Waals surface area contributed by atoms with Crippen LogP contribution in [0.5, 0.6) is 0 Å². The molecule has 0 spiro atoms. The summed E-state index contributed by atoms with van der Waals surface area (Å²) < 4.78 is 22.8. The molecule has 1 aromatic rings. The van der Waals surface area contributed by atoms with E-state index in [1.54, 1.807) is 12.1 Å². The number of amides is 1. The van der Waals surface area contributed by atoms with Gasteiger partial charge >= 0.3 is 0 Å². The minimum Gasteiger partial charge on any atom is -0.349 e. The molecule has 116 valence electrons. The zero-order chi connectivity index (χ0) is 15.5. The van der Waals surface area contributed by atoms with E-state index in [2.05, 4.69) is 5.32 Å². The highest BCUT2D eigenvalue weighted by molar-refractivity contribution is 7.90. The largest absolute Gasteiger partial charge is 0.349 e. The number of hydrogen-bond acceptors (Lipinski definition) is 3. The third kappa shape index (κ3) is 4.20. The van der Waals surface area contributed by atoms with Crippen molar-refractivity contribution in [1.82, 2.24) is 5.32 Å². The first-order chi connectivity index (χ1) is 9.91. The van der Waals surface area contributed by atoms with Gasteiger partial charge in [-0.25, -0.2) is 8.42 Å². The molecule has 0 radical (unpaired) electrons. The maximum Gasteiger partial charge on any atom is 0.251 e. The summed E-state index contributed by atoms with van der Waals surface area (Å²) in [7, 11) is -3.23. The van der Waals surface area contributed by atoms with Crippen molar-refractivity contribution >= 4 is 27.3 Å². The van der Waals surface area contributed by atoms with Crippen LogP contribution in [0.2, 0.25) is 0 Å². The molecule has 21 heavy (non-hydrogen) atoms. The van der Waals surface area contributed by atoms with Gasteiger partial charge in [0.1, 0.15) is 0 Å². The average molecular weight is 330 g/mol. The zero-order valence-electron chi connectivity index (χ0n) is 12.0. The number of rotatable bonds is 4. The van der Waals surface area contributed by atoms with E-state index in [9.17, 15) is 13.2 Å². The first-order valence-corrected chi connectivity index (χ1v) is 9.51. The van der Waals surface area contributed by atoms with Crippen LogP contribution >= 0.6 is 11.6 Å². The number of sulfone groups is 1. The first kappa shape index (κ1) is 16.3. The maximum absolute atomic E-state index is 12.2. The molecule has 2 atom stereocenters. The molecule has 1 aliphatic carbocycles. The van der Waals surface area contributed by atoms with Crippen LogP contribution in [0.4, 0.5) is 0 Å². The quantitative estimate of drug-likeness (QED) is 0.864. The van der Waals surface area contributed by atoms with E-state index < -0.39 is 9.84 Å². The van der Waals surface area contributed by atoms with Gasteiger partial charge in [-0.1, -0.05) is 12.8 Å². The number of benzene rings is 1. The predicted molar refractivity (Wildman–Crippen MR) is 83.5 cm³/mol. The van der Waals surface area contributed by atoms with E-state index in [0.29, 0.717) is 17.4 Å². The molecule has 1 N–H and O–H groups in total. The standard InChI is InChI=1S/C15H20ClNO3S/c1-21(19,20)13-8-6-11(7-9-13)15(18)17-14-5-3-2-4-12(14)10-16/h6-9,12,14H,2-5,10H2,1H3,(H,17,18). The summed E-state index contributed by atoms with van der Waals surface area (Å²) >= 11 is 5.96. The molecule has 1 aromatic carbocycles. The summed E-state index contributed by atoms with van der Waals surface area (Å²) in [4.78, 5) is 12.4. The molecule has 0 heterocycles. The van der Waals surface area contributed by atoms with Gasteiger partial charge in [-0.2, -0.15) is 0 Å². The molecule has 0 aliphatic heterocycles. The number of halogens is 1. The van der Waals surface area contributed by atoms with Gasteiger partial charge in [0.15, 0.2) is 9.84 Å². The number of carbonyl (C=O) groups excluding carboxylic acids is 1. The molecule has 6 heteroatoms. The molecular weight excluding hydrogens is 310 g/mol. The second kappa shape index (κ2) is 6.79. The lowest BCUT2D eigenvalue weighted by atomic mass is 9.85. The Hall–Kier alpha value is -1.07. The van der Waals surface area contributed by atoms with Crippen LogP contribution in [0, 0.1) is 5.92 Å². The Morgan fingerprint density at radius 3 is 2.43 bits per heavy atom. The highest BCUT2D eigenvalue weighted by Gasteiger charge is 2.26. The summed E-state index contributed by atoms with van der Waals surface area (Å²) in [5, 5.41) is 3.02. The first-order valence-electron chi connectivity index (χ1n) is 7.09. The van der Waals surface area contributed by atoms with Crippen LogP contribution in [0.3, 0.4) is 0 Å². The third-order valence-electron chi connectivity index (χ3n) is 3.97. The van der Waals surface area contributed by atoms with E-state index in [1.807, 2.05) is 0 Å². The van der Waals surface area contributed by atoms with Gasteiger partial charge in [0.05, 0.1) is 4.90 Å². The predicted octanol–water partition coefficient (Wildman–Crippen LogP) is 2.62. The van der Waals surface area contributed by atoms with E-state index in [4.69, 9.17) is 11.6 Å². The van der Waals surface area contributed by atoms with Crippen molar-refractivity contribution in [3.8, 4) is 0 Å². The van der Waals surface area contributed by atoms with Gasteiger partial charge in [0, 0.05) is 23.7 Å². The Bertz CT molecular complexity index is 598. The Kier molecular flexibility index (Phi) is 5.27. The van der Waals surface area contributed by atoms with Gasteiger partial charge in [-0.15, -0.1) is 11.6 Å². The molecule has 2 rings (SSSR count). The SMILES string of the molecule is CS(=O)(=O)c1ccc(C(=O)NC2CCCCC2CCl)cc1. The van der Waals surface area contributed by atoms with Crippen molar-refractivity contribution in [2.24, 2.45) is 5.92 Å². The molecule has 1 amide bonds. The number of hydrogen-bond donors (Lipinski definition) is 1. The Morgan fingerprint density at radius 2 is 1.86 bits per heavy atom. The Balaban J connectivity index is 2.06. The highest BCUT2D eigenvalue weighted by Crippen LogP contribution is 2.25. The monoisotopic (exact) mass is 329 g/mol. The minimum absolute atomic E-state index is 0.110. The van der Waals surface area contributed by atoms with Crippen molar-refractivity contribution < 1.29 is 13.2 Å². The summed E-state index contributed by atoms with van der Waals surface area (Å²) in [5.74, 6) is 0.703. The van der Waals surface area contributed by atoms with Gasteiger partial charge < -0.3 is 5.32 Å². The number of carbonyl (C=O) groups is 1.